The molecule has 0 aromatic heterocycles. The van der Waals surface area contributed by atoms with Gasteiger partial charge in [0.1, 0.15) is 0 Å². The molecule has 23 heavy (non-hydrogen) atoms. The molecule has 0 aliphatic carbocycles. The topological polar surface area (TPSA) is 26.3 Å². The maximum absolute atomic E-state index is 11.9. The van der Waals surface area contributed by atoms with Crippen molar-refractivity contribution >= 4 is 14.1 Å². The van der Waals surface area contributed by atoms with E-state index in [9.17, 15) is 4.79 Å². The Labute approximate surface area is 143 Å². The summed E-state index contributed by atoms with van der Waals surface area (Å²) in [6.07, 6.45) is -0.00343. The molecule has 0 bridgehead atoms. The maximum atomic E-state index is 11.9. The summed E-state index contributed by atoms with van der Waals surface area (Å²) in [6.45, 7) is 21.5. The first kappa shape index (κ1) is 20.1. The van der Waals surface area contributed by atoms with Gasteiger partial charge in [-0.15, -0.1) is 0 Å². The van der Waals surface area contributed by atoms with Crippen LogP contribution < -0.4 is 0 Å². The predicted molar refractivity (Wildman–Crippen MR) is 102 cm³/mol. The fourth-order valence-corrected chi connectivity index (χ4v) is 3.58. The normalized spacial score (nSPS) is 14.7. The average molecular weight is 335 g/mol. The third-order valence-electron chi connectivity index (χ3n) is 4.97. The van der Waals surface area contributed by atoms with Crippen LogP contribution in [-0.4, -0.2) is 14.1 Å². The number of carbonyl (C=O) groups is 1. The van der Waals surface area contributed by atoms with E-state index in [1.165, 1.54) is 5.56 Å². The third-order valence-corrected chi connectivity index (χ3v) is 9.53. The van der Waals surface area contributed by atoms with Crippen LogP contribution in [0.15, 0.2) is 18.2 Å². The highest BCUT2D eigenvalue weighted by Crippen LogP contribution is 2.40. The lowest BCUT2D eigenvalue weighted by atomic mass is 9.84. The van der Waals surface area contributed by atoms with Gasteiger partial charge in [-0.1, -0.05) is 47.6 Å². The van der Waals surface area contributed by atoms with E-state index in [4.69, 9.17) is 4.43 Å². The Hall–Kier alpha value is -0.933. The first-order valence-corrected chi connectivity index (χ1v) is 11.4. The van der Waals surface area contributed by atoms with Crippen LogP contribution in [-0.2, 0) is 9.84 Å². The van der Waals surface area contributed by atoms with E-state index in [1.807, 2.05) is 12.1 Å². The molecular weight excluding hydrogens is 300 g/mol. The molecule has 1 atom stereocenters. The van der Waals surface area contributed by atoms with Crippen molar-refractivity contribution in [2.75, 3.05) is 0 Å². The zero-order chi connectivity index (χ0) is 18.2. The SMILES string of the molecule is CC(=O)c1cc(C(C)O[Si](C)(C)C(C)(C)C)cc(C(C)(C)C)c1. The molecule has 0 heterocycles. The largest absolute Gasteiger partial charge is 0.410 e. The second kappa shape index (κ2) is 6.52. The van der Waals surface area contributed by atoms with E-state index in [2.05, 4.69) is 67.6 Å². The number of ketones is 1. The molecule has 0 spiro atoms. The fraction of sp³-hybridized carbons (Fsp3) is 0.650. The van der Waals surface area contributed by atoms with Gasteiger partial charge in [0.15, 0.2) is 14.1 Å². The minimum Gasteiger partial charge on any atom is -0.410 e. The number of hydrogen-bond acceptors (Lipinski definition) is 2. The Kier molecular flexibility index (Phi) is 5.70. The summed E-state index contributed by atoms with van der Waals surface area (Å²) < 4.78 is 6.52. The molecule has 3 heteroatoms. The van der Waals surface area contributed by atoms with Gasteiger partial charge in [0.2, 0.25) is 0 Å². The first-order valence-electron chi connectivity index (χ1n) is 8.49. The highest BCUT2D eigenvalue weighted by Gasteiger charge is 2.38. The van der Waals surface area contributed by atoms with Crippen molar-refractivity contribution in [2.45, 2.75) is 85.0 Å². The molecule has 0 saturated carbocycles. The van der Waals surface area contributed by atoms with Crippen LogP contribution >= 0.6 is 0 Å². The van der Waals surface area contributed by atoms with Crippen LogP contribution in [0.2, 0.25) is 18.1 Å². The third kappa shape index (κ3) is 5.02. The summed E-state index contributed by atoms with van der Waals surface area (Å²) in [4.78, 5) is 11.9. The van der Waals surface area contributed by atoms with Gasteiger partial charge in [-0.3, -0.25) is 4.79 Å². The van der Waals surface area contributed by atoms with Gasteiger partial charge in [0.05, 0.1) is 6.10 Å². The van der Waals surface area contributed by atoms with Gasteiger partial charge in [-0.25, -0.2) is 0 Å². The number of hydrogen-bond donors (Lipinski definition) is 0. The standard InChI is InChI=1S/C20H34O2Si/c1-14(21)16-11-17(13-18(12-16)19(3,4)5)15(2)22-23(9,10)20(6,7)8/h11-13,15H,1-10H3. The van der Waals surface area contributed by atoms with Crippen LogP contribution in [0.3, 0.4) is 0 Å². The number of carbonyl (C=O) groups excluding carboxylic acids is 1. The monoisotopic (exact) mass is 334 g/mol. The minimum atomic E-state index is -1.84. The highest BCUT2D eigenvalue weighted by molar-refractivity contribution is 6.74. The second-order valence-corrected chi connectivity index (χ2v) is 13.9. The lowest BCUT2D eigenvalue weighted by Crippen LogP contribution is -2.41. The fourth-order valence-electron chi connectivity index (χ4n) is 2.21. The smallest absolute Gasteiger partial charge is 0.192 e. The van der Waals surface area contributed by atoms with E-state index in [1.54, 1.807) is 6.92 Å². The van der Waals surface area contributed by atoms with Crippen molar-refractivity contribution in [1.29, 1.82) is 0 Å². The maximum Gasteiger partial charge on any atom is 0.192 e. The van der Waals surface area contributed by atoms with E-state index < -0.39 is 8.32 Å². The Morgan fingerprint density at radius 1 is 1.04 bits per heavy atom. The van der Waals surface area contributed by atoms with Crippen molar-refractivity contribution in [3.05, 3.63) is 34.9 Å². The lowest BCUT2D eigenvalue weighted by molar-refractivity contribution is 0.101. The number of rotatable bonds is 4. The molecule has 2 nitrogen and oxygen atoms in total. The van der Waals surface area contributed by atoms with Gasteiger partial charge in [-0.05, 0) is 60.7 Å². The van der Waals surface area contributed by atoms with Crippen LogP contribution in [0.5, 0.6) is 0 Å². The first-order chi connectivity index (χ1) is 10.1. The van der Waals surface area contributed by atoms with Crippen molar-refractivity contribution in [3.63, 3.8) is 0 Å². The highest BCUT2D eigenvalue weighted by atomic mass is 28.4. The molecule has 1 aromatic carbocycles. The van der Waals surface area contributed by atoms with Gasteiger partial charge in [0.25, 0.3) is 0 Å². The summed E-state index contributed by atoms with van der Waals surface area (Å²) >= 11 is 0. The summed E-state index contributed by atoms with van der Waals surface area (Å²) in [6, 6.07) is 6.21. The van der Waals surface area contributed by atoms with Crippen molar-refractivity contribution in [3.8, 4) is 0 Å². The molecule has 0 aliphatic rings. The zero-order valence-electron chi connectivity index (χ0n) is 16.6. The molecule has 1 rings (SSSR count). The number of Topliss-reactive ketones (excluding diaryl/α,β-unsaturated/α-hetero) is 1. The Balaban J connectivity index is 3.26. The molecule has 1 unspecified atom stereocenters. The number of benzene rings is 1. The van der Waals surface area contributed by atoms with Gasteiger partial charge >= 0.3 is 0 Å². The quantitative estimate of drug-likeness (QED) is 0.479. The van der Waals surface area contributed by atoms with Crippen LogP contribution in [0, 0.1) is 0 Å². The molecule has 0 saturated heterocycles. The van der Waals surface area contributed by atoms with E-state index >= 15 is 0 Å². The summed E-state index contributed by atoms with van der Waals surface area (Å²) in [7, 11) is -1.84. The molecule has 0 fully saturated rings. The van der Waals surface area contributed by atoms with Crippen molar-refractivity contribution in [2.24, 2.45) is 0 Å². The van der Waals surface area contributed by atoms with Crippen LogP contribution in [0.1, 0.15) is 83.0 Å². The molecule has 0 amide bonds. The van der Waals surface area contributed by atoms with Crippen molar-refractivity contribution in [1.82, 2.24) is 0 Å². The lowest BCUT2D eigenvalue weighted by Gasteiger charge is -2.38. The molecule has 0 radical (unpaired) electrons. The Bertz CT molecular complexity index is 574. The molecule has 0 N–H and O–H groups in total. The summed E-state index contributed by atoms with van der Waals surface area (Å²) in [5.74, 6) is 0.108. The minimum absolute atomic E-state index is 0.00343. The molecular formula is C20H34O2Si. The van der Waals surface area contributed by atoms with Gasteiger partial charge < -0.3 is 4.43 Å². The molecule has 1 aromatic rings. The van der Waals surface area contributed by atoms with E-state index in [0.29, 0.717) is 0 Å². The van der Waals surface area contributed by atoms with Gasteiger partial charge in [0, 0.05) is 5.56 Å². The van der Waals surface area contributed by atoms with Crippen molar-refractivity contribution < 1.29 is 9.22 Å². The summed E-state index contributed by atoms with van der Waals surface area (Å²) in [5.41, 5.74) is 3.08. The van der Waals surface area contributed by atoms with E-state index in [-0.39, 0.29) is 22.3 Å². The Morgan fingerprint density at radius 3 is 1.96 bits per heavy atom. The molecule has 0 aliphatic heterocycles. The van der Waals surface area contributed by atoms with Gasteiger partial charge in [-0.2, -0.15) is 0 Å². The average Bonchev–Trinajstić information content (AvgIpc) is 2.35. The molecule has 130 valence electrons. The van der Waals surface area contributed by atoms with E-state index in [0.717, 1.165) is 11.1 Å². The van der Waals surface area contributed by atoms with Crippen LogP contribution in [0.25, 0.3) is 0 Å². The second-order valence-electron chi connectivity index (χ2n) is 9.17. The summed E-state index contributed by atoms with van der Waals surface area (Å²) in [5, 5.41) is 0.173. The predicted octanol–water partition coefficient (Wildman–Crippen LogP) is 6.27. The Morgan fingerprint density at radius 2 is 1.57 bits per heavy atom. The van der Waals surface area contributed by atoms with Crippen LogP contribution in [0.4, 0.5) is 0 Å². The zero-order valence-corrected chi connectivity index (χ0v) is 17.6.